The molecule has 2 N–H and O–H groups in total. The van der Waals surface area contributed by atoms with Crippen molar-refractivity contribution in [2.45, 2.75) is 13.5 Å². The van der Waals surface area contributed by atoms with E-state index in [0.29, 0.717) is 17.9 Å². The molecule has 0 aliphatic carbocycles. The van der Waals surface area contributed by atoms with Gasteiger partial charge in [0.15, 0.2) is 0 Å². The van der Waals surface area contributed by atoms with Crippen LogP contribution in [-0.4, -0.2) is 10.9 Å². The number of aromatic nitrogens is 1. The van der Waals surface area contributed by atoms with Crippen molar-refractivity contribution < 1.29 is 9.18 Å². The first-order valence-electron chi connectivity index (χ1n) is 7.92. The van der Waals surface area contributed by atoms with E-state index in [1.165, 1.54) is 17.7 Å². The lowest BCUT2D eigenvalue weighted by atomic mass is 10.1. The molecule has 2 aromatic carbocycles. The van der Waals surface area contributed by atoms with Crippen molar-refractivity contribution in [1.82, 2.24) is 10.3 Å². The Bertz CT molecular complexity index is 861. The van der Waals surface area contributed by atoms with Crippen molar-refractivity contribution in [2.24, 2.45) is 0 Å². The molecule has 3 aromatic rings. The monoisotopic (exact) mass is 335 g/mol. The Morgan fingerprint density at radius 3 is 2.44 bits per heavy atom. The van der Waals surface area contributed by atoms with Gasteiger partial charge in [-0.15, -0.1) is 0 Å². The minimum atomic E-state index is -0.295. The largest absolute Gasteiger partial charge is 0.355 e. The molecule has 25 heavy (non-hydrogen) atoms. The van der Waals surface area contributed by atoms with E-state index >= 15 is 0 Å². The Balaban J connectivity index is 1.64. The third-order valence-corrected chi connectivity index (χ3v) is 3.70. The number of nitrogens with zero attached hydrogens (tertiary/aromatic N) is 1. The van der Waals surface area contributed by atoms with E-state index in [4.69, 9.17) is 0 Å². The van der Waals surface area contributed by atoms with Crippen LogP contribution in [0.3, 0.4) is 0 Å². The Hall–Kier alpha value is -3.21. The molecule has 0 unspecified atom stereocenters. The quantitative estimate of drug-likeness (QED) is 0.735. The van der Waals surface area contributed by atoms with E-state index in [-0.39, 0.29) is 11.7 Å². The molecule has 1 heterocycles. The second-order valence-electron chi connectivity index (χ2n) is 5.73. The first-order chi connectivity index (χ1) is 12.1. The summed E-state index contributed by atoms with van der Waals surface area (Å²) >= 11 is 0. The first kappa shape index (κ1) is 16.6. The maximum atomic E-state index is 13.0. The standard InChI is InChI=1S/C20H18FN3O/c1-14-2-4-15(5-3-14)13-23-20(25)19-12-18(10-11-22-19)24-17-8-6-16(21)7-9-17/h2-12H,13H2,1H3,(H,22,24)(H,23,25). The van der Waals surface area contributed by atoms with Crippen molar-refractivity contribution >= 4 is 17.3 Å². The molecule has 0 bridgehead atoms. The van der Waals surface area contributed by atoms with Gasteiger partial charge >= 0.3 is 0 Å². The van der Waals surface area contributed by atoms with E-state index in [2.05, 4.69) is 15.6 Å². The highest BCUT2D eigenvalue weighted by Crippen LogP contribution is 2.17. The van der Waals surface area contributed by atoms with Crippen molar-refractivity contribution in [3.8, 4) is 0 Å². The van der Waals surface area contributed by atoms with Crippen LogP contribution in [0.4, 0.5) is 15.8 Å². The van der Waals surface area contributed by atoms with Crippen LogP contribution >= 0.6 is 0 Å². The lowest BCUT2D eigenvalue weighted by Gasteiger charge is -2.09. The van der Waals surface area contributed by atoms with Crippen LogP contribution in [0.15, 0.2) is 66.9 Å². The van der Waals surface area contributed by atoms with Gasteiger partial charge in [0.2, 0.25) is 0 Å². The highest BCUT2D eigenvalue weighted by Gasteiger charge is 2.08. The van der Waals surface area contributed by atoms with Crippen LogP contribution in [0.1, 0.15) is 21.6 Å². The summed E-state index contributed by atoms with van der Waals surface area (Å²) in [5, 5.41) is 5.97. The zero-order valence-electron chi connectivity index (χ0n) is 13.8. The summed E-state index contributed by atoms with van der Waals surface area (Å²) in [7, 11) is 0. The minimum absolute atomic E-state index is 0.247. The maximum absolute atomic E-state index is 13.0. The van der Waals surface area contributed by atoms with Crippen LogP contribution in [0.2, 0.25) is 0 Å². The second-order valence-corrected chi connectivity index (χ2v) is 5.73. The molecule has 0 radical (unpaired) electrons. The molecule has 0 saturated heterocycles. The van der Waals surface area contributed by atoms with Gasteiger partial charge < -0.3 is 10.6 Å². The van der Waals surface area contributed by atoms with E-state index in [1.54, 1.807) is 30.5 Å². The van der Waals surface area contributed by atoms with Crippen LogP contribution in [-0.2, 0) is 6.54 Å². The summed E-state index contributed by atoms with van der Waals surface area (Å²) < 4.78 is 13.0. The molecule has 1 amide bonds. The molecular weight excluding hydrogens is 317 g/mol. The summed E-state index contributed by atoms with van der Waals surface area (Å²) in [4.78, 5) is 16.4. The lowest BCUT2D eigenvalue weighted by Crippen LogP contribution is -2.23. The van der Waals surface area contributed by atoms with E-state index in [9.17, 15) is 9.18 Å². The van der Waals surface area contributed by atoms with Crippen LogP contribution < -0.4 is 10.6 Å². The van der Waals surface area contributed by atoms with E-state index in [1.807, 2.05) is 31.2 Å². The topological polar surface area (TPSA) is 54.0 Å². The van der Waals surface area contributed by atoms with Gasteiger partial charge in [-0.05, 0) is 48.9 Å². The fraction of sp³-hybridized carbons (Fsp3) is 0.100. The number of nitrogens with one attached hydrogen (secondary N) is 2. The molecule has 0 atom stereocenters. The maximum Gasteiger partial charge on any atom is 0.270 e. The SMILES string of the molecule is Cc1ccc(CNC(=O)c2cc(Nc3ccc(F)cc3)ccn2)cc1. The number of aryl methyl sites for hydroxylation is 1. The van der Waals surface area contributed by atoms with Gasteiger partial charge in [0.05, 0.1) is 0 Å². The van der Waals surface area contributed by atoms with Crippen LogP contribution in [0.25, 0.3) is 0 Å². The Kier molecular flexibility index (Phi) is 5.04. The van der Waals surface area contributed by atoms with Crippen LogP contribution in [0, 0.1) is 12.7 Å². The third-order valence-electron chi connectivity index (χ3n) is 3.70. The summed E-state index contributed by atoms with van der Waals surface area (Å²) in [5.74, 6) is -0.542. The smallest absolute Gasteiger partial charge is 0.270 e. The van der Waals surface area contributed by atoms with E-state index in [0.717, 1.165) is 11.3 Å². The fourth-order valence-electron chi connectivity index (χ4n) is 2.31. The fourth-order valence-corrected chi connectivity index (χ4v) is 2.31. The number of halogens is 1. The number of benzene rings is 2. The van der Waals surface area contributed by atoms with E-state index < -0.39 is 0 Å². The molecule has 0 saturated carbocycles. The first-order valence-corrected chi connectivity index (χ1v) is 7.92. The molecular formula is C20H18FN3O. The highest BCUT2D eigenvalue weighted by atomic mass is 19.1. The average molecular weight is 335 g/mol. The molecule has 0 aliphatic rings. The Labute approximate surface area is 145 Å². The zero-order chi connectivity index (χ0) is 17.6. The van der Waals surface area contributed by atoms with Gasteiger partial charge in [0.1, 0.15) is 11.5 Å². The van der Waals surface area contributed by atoms with Gasteiger partial charge in [-0.1, -0.05) is 29.8 Å². The van der Waals surface area contributed by atoms with Gasteiger partial charge in [0, 0.05) is 24.1 Å². The number of anilines is 2. The summed E-state index contributed by atoms with van der Waals surface area (Å²) in [5.41, 5.74) is 3.97. The number of hydrogen-bond donors (Lipinski definition) is 2. The van der Waals surface area contributed by atoms with Crippen molar-refractivity contribution in [2.75, 3.05) is 5.32 Å². The molecule has 0 spiro atoms. The van der Waals surface area contributed by atoms with Crippen molar-refractivity contribution in [1.29, 1.82) is 0 Å². The Morgan fingerprint density at radius 2 is 1.72 bits per heavy atom. The number of amides is 1. The summed E-state index contributed by atoms with van der Waals surface area (Å²) in [6.45, 7) is 2.46. The summed E-state index contributed by atoms with van der Waals surface area (Å²) in [6.07, 6.45) is 1.56. The normalized spacial score (nSPS) is 10.3. The van der Waals surface area contributed by atoms with Gasteiger partial charge in [0.25, 0.3) is 5.91 Å². The number of hydrogen-bond acceptors (Lipinski definition) is 3. The van der Waals surface area contributed by atoms with Gasteiger partial charge in [-0.3, -0.25) is 9.78 Å². The Morgan fingerprint density at radius 1 is 1.00 bits per heavy atom. The number of carbonyl (C=O) groups is 1. The molecule has 5 heteroatoms. The average Bonchev–Trinajstić information content (AvgIpc) is 2.63. The number of pyridine rings is 1. The van der Waals surface area contributed by atoms with Crippen molar-refractivity contribution in [3.05, 3.63) is 89.5 Å². The molecule has 1 aromatic heterocycles. The predicted octanol–water partition coefficient (Wildman–Crippen LogP) is 4.20. The van der Waals surface area contributed by atoms with Crippen LogP contribution in [0.5, 0.6) is 0 Å². The molecule has 0 fully saturated rings. The lowest BCUT2D eigenvalue weighted by molar-refractivity contribution is 0.0946. The molecule has 126 valence electrons. The second kappa shape index (κ2) is 7.57. The number of rotatable bonds is 5. The molecule has 3 rings (SSSR count). The third kappa shape index (κ3) is 4.64. The zero-order valence-corrected chi connectivity index (χ0v) is 13.8. The predicted molar refractivity (Wildman–Crippen MR) is 96.3 cm³/mol. The van der Waals surface area contributed by atoms with Crippen molar-refractivity contribution in [3.63, 3.8) is 0 Å². The van der Waals surface area contributed by atoms with Gasteiger partial charge in [-0.25, -0.2) is 4.39 Å². The van der Waals surface area contributed by atoms with Gasteiger partial charge in [-0.2, -0.15) is 0 Å². The molecule has 0 aliphatic heterocycles. The summed E-state index contributed by atoms with van der Waals surface area (Å²) in [6, 6.07) is 17.4. The minimum Gasteiger partial charge on any atom is -0.355 e. The molecule has 4 nitrogen and oxygen atoms in total. The number of carbonyl (C=O) groups excluding carboxylic acids is 1. The highest BCUT2D eigenvalue weighted by molar-refractivity contribution is 5.93.